The molecule has 1 heterocycles. The first kappa shape index (κ1) is 12.2. The number of rotatable bonds is 1. The summed E-state index contributed by atoms with van der Waals surface area (Å²) in [6.45, 7) is 0. The van der Waals surface area contributed by atoms with Gasteiger partial charge < -0.3 is 15.4 Å². The first-order valence-electron chi connectivity index (χ1n) is 6.26. The molecule has 1 fully saturated rings. The van der Waals surface area contributed by atoms with E-state index in [0.717, 1.165) is 36.7 Å². The van der Waals surface area contributed by atoms with E-state index < -0.39 is 0 Å². The Bertz CT molecular complexity index is 573. The Hall–Kier alpha value is -0.820. The standard InChI is InChI=1S/C13H16IN3O/c14-8-1-6-12-11(7-8)16-13(15)17(12)9-2-4-10(18)5-3-9/h1,6-7,9-10,18H,2-5H2,(H2,15,16). The number of imidazole rings is 1. The molecule has 1 saturated carbocycles. The first-order chi connectivity index (χ1) is 8.65. The van der Waals surface area contributed by atoms with E-state index in [4.69, 9.17) is 5.73 Å². The van der Waals surface area contributed by atoms with Crippen LogP contribution in [0.4, 0.5) is 5.95 Å². The molecule has 0 spiro atoms. The van der Waals surface area contributed by atoms with Gasteiger partial charge in [-0.2, -0.15) is 0 Å². The zero-order valence-electron chi connectivity index (χ0n) is 10.0. The lowest BCUT2D eigenvalue weighted by Gasteiger charge is -2.27. The summed E-state index contributed by atoms with van der Waals surface area (Å²) in [5.41, 5.74) is 8.13. The van der Waals surface area contributed by atoms with Crippen LogP contribution in [0.15, 0.2) is 18.2 Å². The highest BCUT2D eigenvalue weighted by molar-refractivity contribution is 14.1. The number of aliphatic hydroxyl groups excluding tert-OH is 1. The summed E-state index contributed by atoms with van der Waals surface area (Å²) in [5, 5.41) is 9.59. The number of nitrogens with zero attached hydrogens (tertiary/aromatic N) is 2. The molecule has 0 saturated heterocycles. The van der Waals surface area contributed by atoms with Gasteiger partial charge in [0.2, 0.25) is 5.95 Å². The summed E-state index contributed by atoms with van der Waals surface area (Å²) in [7, 11) is 0. The maximum Gasteiger partial charge on any atom is 0.201 e. The van der Waals surface area contributed by atoms with Crippen molar-refractivity contribution in [2.75, 3.05) is 5.73 Å². The molecule has 2 aromatic rings. The minimum absolute atomic E-state index is 0.141. The van der Waals surface area contributed by atoms with Crippen LogP contribution in [0.1, 0.15) is 31.7 Å². The molecule has 1 aromatic carbocycles. The van der Waals surface area contributed by atoms with Gasteiger partial charge in [-0.25, -0.2) is 4.98 Å². The van der Waals surface area contributed by atoms with Crippen molar-refractivity contribution in [3.05, 3.63) is 21.8 Å². The first-order valence-corrected chi connectivity index (χ1v) is 7.34. The number of benzene rings is 1. The molecule has 4 nitrogen and oxygen atoms in total. The number of halogens is 1. The highest BCUT2D eigenvalue weighted by Crippen LogP contribution is 2.33. The molecule has 1 aliphatic carbocycles. The van der Waals surface area contributed by atoms with Crippen molar-refractivity contribution >= 4 is 39.6 Å². The molecule has 0 aliphatic heterocycles. The number of hydrogen-bond acceptors (Lipinski definition) is 3. The van der Waals surface area contributed by atoms with Gasteiger partial charge in [0.25, 0.3) is 0 Å². The molecule has 0 bridgehead atoms. The second kappa shape index (κ2) is 4.70. The molecule has 3 rings (SSSR count). The van der Waals surface area contributed by atoms with Gasteiger partial charge in [-0.15, -0.1) is 0 Å². The monoisotopic (exact) mass is 357 g/mol. The Morgan fingerprint density at radius 2 is 2.00 bits per heavy atom. The molecule has 96 valence electrons. The maximum absolute atomic E-state index is 9.59. The Balaban J connectivity index is 2.03. The number of nitrogens with two attached hydrogens (primary N) is 1. The largest absolute Gasteiger partial charge is 0.393 e. The highest BCUT2D eigenvalue weighted by atomic mass is 127. The van der Waals surface area contributed by atoms with Gasteiger partial charge in [-0.05, 0) is 66.5 Å². The molecule has 0 unspecified atom stereocenters. The molecular formula is C13H16IN3O. The van der Waals surface area contributed by atoms with E-state index in [1.54, 1.807) is 0 Å². The maximum atomic E-state index is 9.59. The van der Waals surface area contributed by atoms with Gasteiger partial charge >= 0.3 is 0 Å². The Kier molecular flexibility index (Phi) is 3.19. The molecule has 1 aromatic heterocycles. The van der Waals surface area contributed by atoms with Crippen LogP contribution in [0.2, 0.25) is 0 Å². The fraction of sp³-hybridized carbons (Fsp3) is 0.462. The van der Waals surface area contributed by atoms with Crippen molar-refractivity contribution in [2.24, 2.45) is 0 Å². The predicted octanol–water partition coefficient (Wildman–Crippen LogP) is 2.70. The summed E-state index contributed by atoms with van der Waals surface area (Å²) in [6.07, 6.45) is 3.52. The number of aliphatic hydroxyl groups is 1. The second-order valence-corrected chi connectivity index (χ2v) is 6.18. The van der Waals surface area contributed by atoms with E-state index >= 15 is 0 Å². The molecule has 18 heavy (non-hydrogen) atoms. The van der Waals surface area contributed by atoms with Crippen LogP contribution in [-0.2, 0) is 0 Å². The smallest absolute Gasteiger partial charge is 0.201 e. The molecule has 0 atom stereocenters. The topological polar surface area (TPSA) is 64.1 Å². The number of aromatic nitrogens is 2. The lowest BCUT2D eigenvalue weighted by molar-refractivity contribution is 0.112. The third-order valence-electron chi connectivity index (χ3n) is 3.71. The van der Waals surface area contributed by atoms with E-state index in [1.807, 2.05) is 0 Å². The van der Waals surface area contributed by atoms with E-state index in [9.17, 15) is 5.11 Å². The number of fused-ring (bicyclic) bond motifs is 1. The molecular weight excluding hydrogens is 341 g/mol. The van der Waals surface area contributed by atoms with Crippen molar-refractivity contribution in [3.8, 4) is 0 Å². The highest BCUT2D eigenvalue weighted by Gasteiger charge is 2.23. The molecule has 3 N–H and O–H groups in total. The summed E-state index contributed by atoms with van der Waals surface area (Å²) in [4.78, 5) is 4.44. The summed E-state index contributed by atoms with van der Waals surface area (Å²) >= 11 is 2.28. The van der Waals surface area contributed by atoms with Gasteiger partial charge in [0.05, 0.1) is 17.1 Å². The molecule has 1 aliphatic rings. The van der Waals surface area contributed by atoms with Crippen molar-refractivity contribution in [1.29, 1.82) is 0 Å². The van der Waals surface area contributed by atoms with Gasteiger partial charge in [0.15, 0.2) is 0 Å². The van der Waals surface area contributed by atoms with Crippen molar-refractivity contribution in [2.45, 2.75) is 37.8 Å². The van der Waals surface area contributed by atoms with E-state index in [1.165, 1.54) is 3.57 Å². The van der Waals surface area contributed by atoms with Crippen LogP contribution in [0.5, 0.6) is 0 Å². The van der Waals surface area contributed by atoms with Crippen LogP contribution in [-0.4, -0.2) is 20.8 Å². The SMILES string of the molecule is Nc1nc2cc(I)ccc2n1C1CCC(O)CC1. The Morgan fingerprint density at radius 1 is 1.28 bits per heavy atom. The minimum atomic E-state index is -0.141. The quantitative estimate of drug-likeness (QED) is 0.772. The summed E-state index contributed by atoms with van der Waals surface area (Å²) in [6, 6.07) is 6.60. The molecule has 0 amide bonds. The Morgan fingerprint density at radius 3 is 2.72 bits per heavy atom. The number of hydrogen-bond donors (Lipinski definition) is 2. The average Bonchev–Trinajstić information content (AvgIpc) is 2.65. The van der Waals surface area contributed by atoms with E-state index in [-0.39, 0.29) is 6.10 Å². The summed E-state index contributed by atoms with van der Waals surface area (Å²) in [5.74, 6) is 0.591. The van der Waals surface area contributed by atoms with Crippen LogP contribution in [0.25, 0.3) is 11.0 Å². The zero-order valence-corrected chi connectivity index (χ0v) is 12.2. The fourth-order valence-electron chi connectivity index (χ4n) is 2.79. The van der Waals surface area contributed by atoms with Crippen LogP contribution in [0, 0.1) is 3.57 Å². The zero-order chi connectivity index (χ0) is 12.7. The van der Waals surface area contributed by atoms with Crippen molar-refractivity contribution in [1.82, 2.24) is 9.55 Å². The van der Waals surface area contributed by atoms with E-state index in [0.29, 0.717) is 12.0 Å². The van der Waals surface area contributed by atoms with Gasteiger partial charge in [-0.1, -0.05) is 0 Å². The average molecular weight is 357 g/mol. The van der Waals surface area contributed by atoms with Crippen LogP contribution >= 0.6 is 22.6 Å². The molecule has 5 heteroatoms. The summed E-state index contributed by atoms with van der Waals surface area (Å²) < 4.78 is 3.31. The van der Waals surface area contributed by atoms with Gasteiger partial charge in [0.1, 0.15) is 0 Å². The lowest BCUT2D eigenvalue weighted by atomic mass is 9.93. The Labute approximate surface area is 119 Å². The van der Waals surface area contributed by atoms with Crippen LogP contribution < -0.4 is 5.73 Å². The number of nitrogen functional groups attached to an aromatic ring is 1. The predicted molar refractivity (Wildman–Crippen MR) is 80.4 cm³/mol. The second-order valence-electron chi connectivity index (χ2n) is 4.94. The third-order valence-corrected chi connectivity index (χ3v) is 4.38. The van der Waals surface area contributed by atoms with Crippen LogP contribution in [0.3, 0.4) is 0 Å². The fourth-order valence-corrected chi connectivity index (χ4v) is 3.27. The molecule has 0 radical (unpaired) electrons. The van der Waals surface area contributed by atoms with Gasteiger partial charge in [-0.3, -0.25) is 0 Å². The third kappa shape index (κ3) is 2.09. The lowest BCUT2D eigenvalue weighted by Crippen LogP contribution is -2.22. The normalized spacial score (nSPS) is 24.6. The van der Waals surface area contributed by atoms with E-state index in [2.05, 4.69) is 50.3 Å². The number of anilines is 1. The van der Waals surface area contributed by atoms with Gasteiger partial charge in [0, 0.05) is 9.61 Å². The van der Waals surface area contributed by atoms with Crippen molar-refractivity contribution < 1.29 is 5.11 Å². The minimum Gasteiger partial charge on any atom is -0.393 e. The van der Waals surface area contributed by atoms with Crippen molar-refractivity contribution in [3.63, 3.8) is 0 Å².